The van der Waals surface area contributed by atoms with Crippen LogP contribution in [0.5, 0.6) is 0 Å². The summed E-state index contributed by atoms with van der Waals surface area (Å²) in [6.07, 6.45) is 6.66. The van der Waals surface area contributed by atoms with E-state index in [1.54, 1.807) is 0 Å². The lowest BCUT2D eigenvalue weighted by molar-refractivity contribution is -0.137. The Morgan fingerprint density at radius 2 is 1.72 bits per heavy atom. The number of amides is 1. The van der Waals surface area contributed by atoms with Crippen molar-refractivity contribution >= 4 is 21.8 Å². The summed E-state index contributed by atoms with van der Waals surface area (Å²) in [5, 5.41) is 0. The van der Waals surface area contributed by atoms with E-state index in [9.17, 15) is 4.79 Å². The molecule has 1 aliphatic rings. The first-order chi connectivity index (χ1) is 8.60. The van der Waals surface area contributed by atoms with E-state index < -0.39 is 0 Å². The van der Waals surface area contributed by atoms with Crippen LogP contribution in [0.2, 0.25) is 0 Å². The zero-order valence-corrected chi connectivity index (χ0v) is 13.7. The van der Waals surface area contributed by atoms with Crippen LogP contribution in [0.25, 0.3) is 0 Å². The van der Waals surface area contributed by atoms with Gasteiger partial charge in [0.2, 0.25) is 5.91 Å². The highest BCUT2D eigenvalue weighted by atomic mass is 79.9. The van der Waals surface area contributed by atoms with E-state index in [-0.39, 0.29) is 5.92 Å². The summed E-state index contributed by atoms with van der Waals surface area (Å²) in [5.74, 6) is 1.43. The number of alkyl halides is 1. The second-order valence-electron chi connectivity index (χ2n) is 5.61. The van der Waals surface area contributed by atoms with Gasteiger partial charge in [0.05, 0.1) is 0 Å². The van der Waals surface area contributed by atoms with Crippen molar-refractivity contribution in [2.45, 2.75) is 64.1 Å². The molecule has 1 fully saturated rings. The molecule has 0 aromatic carbocycles. The standard InChI is InChI=1S/C15H28BrNO/c1-4-6-14(7-5-2)15(18)17-10-8-13(9-11-17)12(3)16/h12-14H,4-11H2,1-3H3. The molecule has 0 aromatic heterocycles. The normalized spacial score (nSPS) is 19.3. The van der Waals surface area contributed by atoms with E-state index in [4.69, 9.17) is 0 Å². The second-order valence-corrected chi connectivity index (χ2v) is 7.06. The van der Waals surface area contributed by atoms with Gasteiger partial charge < -0.3 is 4.90 Å². The summed E-state index contributed by atoms with van der Waals surface area (Å²) in [6, 6.07) is 0. The Bertz CT molecular complexity index is 241. The summed E-state index contributed by atoms with van der Waals surface area (Å²) >= 11 is 3.67. The maximum absolute atomic E-state index is 12.5. The van der Waals surface area contributed by atoms with Gasteiger partial charge in [-0.2, -0.15) is 0 Å². The van der Waals surface area contributed by atoms with Gasteiger partial charge in [0.1, 0.15) is 0 Å². The molecule has 0 bridgehead atoms. The zero-order valence-electron chi connectivity index (χ0n) is 12.1. The molecule has 2 nitrogen and oxygen atoms in total. The van der Waals surface area contributed by atoms with Crippen molar-refractivity contribution in [2.24, 2.45) is 11.8 Å². The van der Waals surface area contributed by atoms with Crippen LogP contribution in [-0.4, -0.2) is 28.7 Å². The quantitative estimate of drug-likeness (QED) is 0.671. The van der Waals surface area contributed by atoms with Crippen LogP contribution in [0.3, 0.4) is 0 Å². The van der Waals surface area contributed by atoms with Crippen molar-refractivity contribution in [3.05, 3.63) is 0 Å². The molecule has 0 N–H and O–H groups in total. The minimum Gasteiger partial charge on any atom is -0.342 e. The predicted molar refractivity (Wildman–Crippen MR) is 81.0 cm³/mol. The molecule has 0 aliphatic carbocycles. The lowest BCUT2D eigenvalue weighted by Gasteiger charge is -2.35. The van der Waals surface area contributed by atoms with Crippen LogP contribution in [0.15, 0.2) is 0 Å². The maximum Gasteiger partial charge on any atom is 0.225 e. The van der Waals surface area contributed by atoms with E-state index in [2.05, 4.69) is 41.6 Å². The number of halogens is 1. The molecular weight excluding hydrogens is 290 g/mol. The van der Waals surface area contributed by atoms with E-state index >= 15 is 0 Å². The van der Waals surface area contributed by atoms with Crippen LogP contribution in [0.4, 0.5) is 0 Å². The minimum absolute atomic E-state index is 0.276. The average Bonchev–Trinajstić information content (AvgIpc) is 2.38. The van der Waals surface area contributed by atoms with Crippen LogP contribution in [0, 0.1) is 11.8 Å². The number of hydrogen-bond acceptors (Lipinski definition) is 1. The third kappa shape index (κ3) is 4.56. The Morgan fingerprint density at radius 3 is 2.11 bits per heavy atom. The fourth-order valence-corrected chi connectivity index (χ4v) is 3.45. The number of piperidine rings is 1. The molecule has 0 spiro atoms. The Balaban J connectivity index is 2.47. The summed E-state index contributed by atoms with van der Waals surface area (Å²) in [7, 11) is 0. The first-order valence-electron chi connectivity index (χ1n) is 7.52. The Labute approximate surface area is 121 Å². The molecule has 1 heterocycles. The second kappa shape index (κ2) is 8.19. The molecule has 1 aliphatic heterocycles. The molecule has 18 heavy (non-hydrogen) atoms. The van der Waals surface area contributed by atoms with Crippen LogP contribution < -0.4 is 0 Å². The largest absolute Gasteiger partial charge is 0.342 e. The highest BCUT2D eigenvalue weighted by Gasteiger charge is 2.28. The van der Waals surface area contributed by atoms with Gasteiger partial charge in [-0.1, -0.05) is 49.5 Å². The van der Waals surface area contributed by atoms with Gasteiger partial charge in [0.15, 0.2) is 0 Å². The minimum atomic E-state index is 0.276. The lowest BCUT2D eigenvalue weighted by Crippen LogP contribution is -2.42. The van der Waals surface area contributed by atoms with Gasteiger partial charge >= 0.3 is 0 Å². The molecule has 1 rings (SSSR count). The van der Waals surface area contributed by atoms with Crippen LogP contribution >= 0.6 is 15.9 Å². The molecule has 1 atom stereocenters. The highest BCUT2D eigenvalue weighted by Crippen LogP contribution is 2.27. The summed E-state index contributed by atoms with van der Waals surface area (Å²) in [4.78, 5) is 15.2. The lowest BCUT2D eigenvalue weighted by atomic mass is 9.91. The Kier molecular flexibility index (Phi) is 7.28. The molecule has 0 radical (unpaired) electrons. The van der Waals surface area contributed by atoms with E-state index in [0.29, 0.717) is 10.7 Å². The van der Waals surface area contributed by atoms with Crippen molar-refractivity contribution in [2.75, 3.05) is 13.1 Å². The molecule has 1 unspecified atom stereocenters. The molecule has 0 aromatic rings. The molecule has 106 valence electrons. The summed E-state index contributed by atoms with van der Waals surface area (Å²) in [6.45, 7) is 8.50. The van der Waals surface area contributed by atoms with E-state index in [0.717, 1.165) is 57.5 Å². The Hall–Kier alpha value is -0.0500. The number of nitrogens with zero attached hydrogens (tertiary/aromatic N) is 1. The maximum atomic E-state index is 12.5. The molecule has 1 saturated heterocycles. The van der Waals surface area contributed by atoms with Crippen molar-refractivity contribution in [1.82, 2.24) is 4.90 Å². The summed E-state index contributed by atoms with van der Waals surface area (Å²) < 4.78 is 0. The first kappa shape index (κ1) is 16.0. The molecular formula is C15H28BrNO. The number of likely N-dealkylation sites (tertiary alicyclic amines) is 1. The van der Waals surface area contributed by atoms with Crippen molar-refractivity contribution in [3.63, 3.8) is 0 Å². The van der Waals surface area contributed by atoms with Gasteiger partial charge in [-0.05, 0) is 31.6 Å². The van der Waals surface area contributed by atoms with Gasteiger partial charge in [-0.3, -0.25) is 4.79 Å². The van der Waals surface area contributed by atoms with Gasteiger partial charge in [0.25, 0.3) is 0 Å². The number of carbonyl (C=O) groups excluding carboxylic acids is 1. The number of rotatable bonds is 6. The fourth-order valence-electron chi connectivity index (χ4n) is 2.93. The third-order valence-corrected chi connectivity index (χ3v) is 4.87. The molecule has 3 heteroatoms. The van der Waals surface area contributed by atoms with E-state index in [1.165, 1.54) is 0 Å². The SMILES string of the molecule is CCCC(CCC)C(=O)N1CCC(C(C)Br)CC1. The highest BCUT2D eigenvalue weighted by molar-refractivity contribution is 9.09. The Morgan fingerprint density at radius 1 is 1.22 bits per heavy atom. The topological polar surface area (TPSA) is 20.3 Å². The summed E-state index contributed by atoms with van der Waals surface area (Å²) in [5.41, 5.74) is 0. The predicted octanol–water partition coefficient (Wildman–Crippen LogP) is 4.22. The van der Waals surface area contributed by atoms with Crippen LogP contribution in [-0.2, 0) is 4.79 Å². The first-order valence-corrected chi connectivity index (χ1v) is 8.44. The van der Waals surface area contributed by atoms with Gasteiger partial charge in [0, 0.05) is 23.8 Å². The smallest absolute Gasteiger partial charge is 0.225 e. The van der Waals surface area contributed by atoms with Crippen molar-refractivity contribution in [1.29, 1.82) is 0 Å². The van der Waals surface area contributed by atoms with Crippen LogP contribution in [0.1, 0.15) is 59.3 Å². The monoisotopic (exact) mass is 317 g/mol. The molecule has 0 saturated carbocycles. The zero-order chi connectivity index (χ0) is 13.5. The average molecular weight is 318 g/mol. The molecule has 1 amide bonds. The number of carbonyl (C=O) groups is 1. The van der Waals surface area contributed by atoms with Gasteiger partial charge in [-0.15, -0.1) is 0 Å². The number of hydrogen-bond donors (Lipinski definition) is 0. The van der Waals surface area contributed by atoms with Gasteiger partial charge in [-0.25, -0.2) is 0 Å². The fraction of sp³-hybridized carbons (Fsp3) is 0.933. The van der Waals surface area contributed by atoms with Crippen molar-refractivity contribution < 1.29 is 4.79 Å². The third-order valence-electron chi connectivity index (χ3n) is 4.12. The van der Waals surface area contributed by atoms with Crippen molar-refractivity contribution in [3.8, 4) is 0 Å². The van der Waals surface area contributed by atoms with E-state index in [1.807, 2.05) is 0 Å².